The fourth-order valence-electron chi connectivity index (χ4n) is 3.34. The van der Waals surface area contributed by atoms with Crippen LogP contribution in [0.2, 0.25) is 0 Å². The molecule has 1 aromatic rings. The number of hydrogen-bond acceptors (Lipinski definition) is 4. The van der Waals surface area contributed by atoms with Gasteiger partial charge >= 0.3 is 0 Å². The van der Waals surface area contributed by atoms with Gasteiger partial charge in [0.1, 0.15) is 6.04 Å². The molecule has 0 aromatic heterocycles. The number of benzene rings is 1. The van der Waals surface area contributed by atoms with Gasteiger partial charge in [0, 0.05) is 6.54 Å². The maximum absolute atomic E-state index is 12.5. The second-order valence-electron chi connectivity index (χ2n) is 7.20. The number of amides is 1. The third-order valence-corrected chi connectivity index (χ3v) is 6.22. The van der Waals surface area contributed by atoms with Crippen molar-refractivity contribution in [1.29, 1.82) is 0 Å². The number of rotatable bonds is 8. The molecule has 1 fully saturated rings. The average Bonchev–Trinajstić information content (AvgIpc) is 3.07. The Labute approximate surface area is 157 Å². The zero-order valence-electron chi connectivity index (χ0n) is 16.3. The molecule has 7 heteroatoms. The Bertz CT molecular complexity index is 728. The van der Waals surface area contributed by atoms with Crippen molar-refractivity contribution in [3.05, 3.63) is 29.3 Å². The van der Waals surface area contributed by atoms with E-state index in [1.54, 1.807) is 13.0 Å². The molecule has 0 spiro atoms. The smallest absolute Gasteiger partial charge is 0.243 e. The molecule has 1 aliphatic heterocycles. The summed E-state index contributed by atoms with van der Waals surface area (Å²) in [6.07, 6.45) is 4.52. The Morgan fingerprint density at radius 2 is 1.88 bits per heavy atom. The van der Waals surface area contributed by atoms with Crippen LogP contribution in [0.3, 0.4) is 0 Å². The van der Waals surface area contributed by atoms with Crippen LogP contribution in [0, 0.1) is 13.8 Å². The predicted molar refractivity (Wildman–Crippen MR) is 106 cm³/mol. The molecule has 0 radical (unpaired) electrons. The molecule has 1 heterocycles. The SMILES string of the molecule is Cc1ccc(N([C@@H](C)C(=O)NCCCN2CCCC2)S(C)(=O)=O)cc1C. The summed E-state index contributed by atoms with van der Waals surface area (Å²) in [7, 11) is -3.57. The number of carbonyl (C=O) groups excluding carboxylic acids is 1. The van der Waals surface area contributed by atoms with E-state index < -0.39 is 16.1 Å². The van der Waals surface area contributed by atoms with Crippen LogP contribution >= 0.6 is 0 Å². The Balaban J connectivity index is 2.00. The highest BCUT2D eigenvalue weighted by Gasteiger charge is 2.29. The summed E-state index contributed by atoms with van der Waals surface area (Å²) >= 11 is 0. The van der Waals surface area contributed by atoms with E-state index in [4.69, 9.17) is 0 Å². The molecule has 1 N–H and O–H groups in total. The molecule has 0 unspecified atom stereocenters. The van der Waals surface area contributed by atoms with Gasteiger partial charge in [0.2, 0.25) is 15.9 Å². The lowest BCUT2D eigenvalue weighted by Gasteiger charge is -2.28. The molecule has 1 aliphatic rings. The van der Waals surface area contributed by atoms with Crippen LogP contribution in [0.25, 0.3) is 0 Å². The number of sulfonamides is 1. The number of aryl methyl sites for hydroxylation is 2. The van der Waals surface area contributed by atoms with E-state index in [1.807, 2.05) is 26.0 Å². The first kappa shape index (κ1) is 20.7. The first-order chi connectivity index (χ1) is 12.2. The van der Waals surface area contributed by atoms with Crippen LogP contribution in [0.5, 0.6) is 0 Å². The second kappa shape index (κ2) is 8.86. The van der Waals surface area contributed by atoms with Gasteiger partial charge in [-0.15, -0.1) is 0 Å². The van der Waals surface area contributed by atoms with Gasteiger partial charge in [-0.2, -0.15) is 0 Å². The van der Waals surface area contributed by atoms with Crippen molar-refractivity contribution in [2.75, 3.05) is 36.7 Å². The minimum atomic E-state index is -3.57. The number of nitrogens with zero attached hydrogens (tertiary/aromatic N) is 2. The van der Waals surface area contributed by atoms with Crippen LogP contribution in [-0.2, 0) is 14.8 Å². The van der Waals surface area contributed by atoms with Gasteiger partial charge in [0.05, 0.1) is 11.9 Å². The molecule has 1 saturated heterocycles. The summed E-state index contributed by atoms with van der Waals surface area (Å²) in [6, 6.07) is 4.65. The zero-order valence-corrected chi connectivity index (χ0v) is 17.1. The van der Waals surface area contributed by atoms with Crippen molar-refractivity contribution in [2.45, 2.75) is 46.1 Å². The summed E-state index contributed by atoms with van der Waals surface area (Å²) in [6.45, 7) is 9.35. The van der Waals surface area contributed by atoms with Crippen molar-refractivity contribution < 1.29 is 13.2 Å². The first-order valence-corrected chi connectivity index (χ1v) is 11.1. The van der Waals surface area contributed by atoms with Crippen molar-refractivity contribution in [2.24, 2.45) is 0 Å². The monoisotopic (exact) mass is 381 g/mol. The van der Waals surface area contributed by atoms with E-state index >= 15 is 0 Å². The second-order valence-corrected chi connectivity index (χ2v) is 9.06. The van der Waals surface area contributed by atoms with Crippen LogP contribution in [-0.4, -0.2) is 57.7 Å². The average molecular weight is 382 g/mol. The highest BCUT2D eigenvalue weighted by atomic mass is 32.2. The van der Waals surface area contributed by atoms with Gasteiger partial charge in [-0.3, -0.25) is 9.10 Å². The normalized spacial score (nSPS) is 16.5. The molecular formula is C19H31N3O3S. The van der Waals surface area contributed by atoms with E-state index in [1.165, 1.54) is 17.1 Å². The van der Waals surface area contributed by atoms with E-state index in [9.17, 15) is 13.2 Å². The largest absolute Gasteiger partial charge is 0.354 e. The van der Waals surface area contributed by atoms with Crippen molar-refractivity contribution >= 4 is 21.6 Å². The molecule has 1 aromatic carbocycles. The van der Waals surface area contributed by atoms with E-state index in [-0.39, 0.29) is 5.91 Å². The van der Waals surface area contributed by atoms with E-state index in [0.717, 1.165) is 43.4 Å². The summed E-state index contributed by atoms with van der Waals surface area (Å²) in [5.41, 5.74) is 2.60. The van der Waals surface area contributed by atoms with E-state index in [2.05, 4.69) is 10.2 Å². The van der Waals surface area contributed by atoms with Gasteiger partial charge in [0.25, 0.3) is 0 Å². The van der Waals surface area contributed by atoms with Gasteiger partial charge in [0.15, 0.2) is 0 Å². The van der Waals surface area contributed by atoms with Gasteiger partial charge < -0.3 is 10.2 Å². The fraction of sp³-hybridized carbons (Fsp3) is 0.632. The topological polar surface area (TPSA) is 69.7 Å². The number of hydrogen-bond donors (Lipinski definition) is 1. The molecule has 1 atom stereocenters. The highest BCUT2D eigenvalue weighted by Crippen LogP contribution is 2.23. The number of likely N-dealkylation sites (tertiary alicyclic amines) is 1. The fourth-order valence-corrected chi connectivity index (χ4v) is 4.51. The third kappa shape index (κ3) is 5.45. The molecule has 0 bridgehead atoms. The molecule has 26 heavy (non-hydrogen) atoms. The number of carbonyl (C=O) groups is 1. The van der Waals surface area contributed by atoms with Crippen molar-refractivity contribution in [1.82, 2.24) is 10.2 Å². The molecular weight excluding hydrogens is 350 g/mol. The summed E-state index contributed by atoms with van der Waals surface area (Å²) < 4.78 is 25.8. The van der Waals surface area contributed by atoms with Crippen molar-refractivity contribution in [3.8, 4) is 0 Å². The van der Waals surface area contributed by atoms with Gasteiger partial charge in [-0.25, -0.2) is 8.42 Å². The molecule has 6 nitrogen and oxygen atoms in total. The highest BCUT2D eigenvalue weighted by molar-refractivity contribution is 7.92. The molecule has 2 rings (SSSR count). The summed E-state index contributed by atoms with van der Waals surface area (Å²) in [5, 5.41) is 2.88. The Morgan fingerprint density at radius 1 is 1.23 bits per heavy atom. The van der Waals surface area contributed by atoms with Crippen LogP contribution < -0.4 is 9.62 Å². The number of nitrogens with one attached hydrogen (secondary N) is 1. The van der Waals surface area contributed by atoms with E-state index in [0.29, 0.717) is 12.2 Å². The molecule has 146 valence electrons. The number of anilines is 1. The van der Waals surface area contributed by atoms with Crippen LogP contribution in [0.4, 0.5) is 5.69 Å². The minimum absolute atomic E-state index is 0.268. The lowest BCUT2D eigenvalue weighted by Crippen LogP contribution is -2.48. The quantitative estimate of drug-likeness (QED) is 0.700. The standard InChI is InChI=1S/C19H31N3O3S/c1-15-8-9-18(14-16(15)2)22(26(4,24)25)17(3)19(23)20-10-7-13-21-11-5-6-12-21/h8-9,14,17H,5-7,10-13H2,1-4H3,(H,20,23)/t17-/m0/s1. The maximum Gasteiger partial charge on any atom is 0.243 e. The van der Waals surface area contributed by atoms with Gasteiger partial charge in [-0.1, -0.05) is 6.07 Å². The third-order valence-electron chi connectivity index (χ3n) is 4.98. The van der Waals surface area contributed by atoms with Crippen LogP contribution in [0.1, 0.15) is 37.3 Å². The minimum Gasteiger partial charge on any atom is -0.354 e. The Morgan fingerprint density at radius 3 is 2.46 bits per heavy atom. The molecule has 0 aliphatic carbocycles. The summed E-state index contributed by atoms with van der Waals surface area (Å²) in [4.78, 5) is 14.9. The van der Waals surface area contributed by atoms with Gasteiger partial charge in [-0.05, 0) is 82.9 Å². The van der Waals surface area contributed by atoms with Crippen molar-refractivity contribution in [3.63, 3.8) is 0 Å². The van der Waals surface area contributed by atoms with Crippen LogP contribution in [0.15, 0.2) is 18.2 Å². The Hall–Kier alpha value is -1.60. The Kier molecular flexibility index (Phi) is 7.06. The lowest BCUT2D eigenvalue weighted by atomic mass is 10.1. The molecule has 0 saturated carbocycles. The summed E-state index contributed by atoms with van der Waals surface area (Å²) in [5.74, 6) is -0.268. The zero-order chi connectivity index (χ0) is 19.3. The lowest BCUT2D eigenvalue weighted by molar-refractivity contribution is -0.121. The first-order valence-electron chi connectivity index (χ1n) is 9.27. The molecule has 1 amide bonds. The predicted octanol–water partition coefficient (Wildman–Crippen LogP) is 2.06. The maximum atomic E-state index is 12.5.